The van der Waals surface area contributed by atoms with Crippen LogP contribution in [0.2, 0.25) is 0 Å². The quantitative estimate of drug-likeness (QED) is 0.571. The van der Waals surface area contributed by atoms with Gasteiger partial charge in [0.25, 0.3) is 15.9 Å². The van der Waals surface area contributed by atoms with E-state index in [1.165, 1.54) is 35.4 Å². The molecule has 33 heavy (non-hydrogen) atoms. The second-order valence-corrected chi connectivity index (χ2v) is 9.70. The van der Waals surface area contributed by atoms with Crippen LogP contribution < -0.4 is 10.0 Å². The van der Waals surface area contributed by atoms with Crippen LogP contribution in [0, 0.1) is 13.8 Å². The summed E-state index contributed by atoms with van der Waals surface area (Å²) in [7, 11) is -3.79. The first-order valence-electron chi connectivity index (χ1n) is 10.6. The molecule has 1 atom stereocenters. The number of sulfonamides is 1. The third kappa shape index (κ3) is 4.78. The van der Waals surface area contributed by atoms with Crippen molar-refractivity contribution in [2.45, 2.75) is 37.6 Å². The molecule has 9 heteroatoms. The number of benzene rings is 2. The van der Waals surface area contributed by atoms with E-state index in [-0.39, 0.29) is 22.5 Å². The minimum atomic E-state index is -3.79. The van der Waals surface area contributed by atoms with Gasteiger partial charge in [0.1, 0.15) is 6.04 Å². The molecule has 0 spiro atoms. The fourth-order valence-corrected chi connectivity index (χ4v) is 5.14. The van der Waals surface area contributed by atoms with E-state index < -0.39 is 16.1 Å². The second kappa shape index (κ2) is 9.11. The van der Waals surface area contributed by atoms with Gasteiger partial charge in [0.05, 0.1) is 16.8 Å². The molecule has 2 aromatic carbocycles. The Bertz CT molecular complexity index is 1250. The van der Waals surface area contributed by atoms with E-state index in [0.717, 1.165) is 11.1 Å². The molecule has 1 saturated heterocycles. The Balaban J connectivity index is 1.45. The lowest BCUT2D eigenvalue weighted by Gasteiger charge is -2.23. The number of para-hydroxylation sites is 1. The monoisotopic (exact) mass is 467 g/mol. The van der Waals surface area contributed by atoms with Crippen LogP contribution in [0.4, 0.5) is 11.4 Å². The van der Waals surface area contributed by atoms with Gasteiger partial charge in [-0.25, -0.2) is 8.42 Å². The number of carbonyl (C=O) groups is 2. The Labute approximate surface area is 192 Å². The summed E-state index contributed by atoms with van der Waals surface area (Å²) in [5.41, 5.74) is 2.65. The van der Waals surface area contributed by atoms with E-state index in [2.05, 4.69) is 10.0 Å². The number of likely N-dealkylation sites (tertiary alicyclic amines) is 1. The molecule has 8 nitrogen and oxygen atoms in total. The van der Waals surface area contributed by atoms with E-state index in [0.29, 0.717) is 30.8 Å². The lowest BCUT2D eigenvalue weighted by molar-refractivity contribution is -0.119. The van der Waals surface area contributed by atoms with Gasteiger partial charge in [0.2, 0.25) is 5.91 Å². The minimum absolute atomic E-state index is 0.0821. The maximum Gasteiger partial charge on any atom is 0.290 e. The number of anilines is 2. The number of nitrogens with zero attached hydrogens (tertiary/aromatic N) is 1. The van der Waals surface area contributed by atoms with Crippen LogP contribution in [0.1, 0.15) is 34.5 Å². The van der Waals surface area contributed by atoms with E-state index in [9.17, 15) is 18.0 Å². The summed E-state index contributed by atoms with van der Waals surface area (Å²) in [5, 5.41) is 2.78. The third-order valence-corrected chi connectivity index (χ3v) is 7.06. The van der Waals surface area contributed by atoms with Crippen LogP contribution in [-0.4, -0.2) is 37.7 Å². The van der Waals surface area contributed by atoms with Crippen molar-refractivity contribution in [1.82, 2.24) is 4.90 Å². The Morgan fingerprint density at radius 1 is 1.00 bits per heavy atom. The van der Waals surface area contributed by atoms with Crippen LogP contribution in [0.15, 0.2) is 70.2 Å². The maximum atomic E-state index is 12.8. The number of aryl methyl sites for hydroxylation is 2. The number of nitrogens with one attached hydrogen (secondary N) is 2. The van der Waals surface area contributed by atoms with Gasteiger partial charge in [-0.2, -0.15) is 0 Å². The molecule has 4 rings (SSSR count). The summed E-state index contributed by atoms with van der Waals surface area (Å²) >= 11 is 0. The van der Waals surface area contributed by atoms with Crippen LogP contribution in [0.5, 0.6) is 0 Å². The average Bonchev–Trinajstić information content (AvgIpc) is 3.49. The zero-order chi connectivity index (χ0) is 23.6. The predicted molar refractivity (Wildman–Crippen MR) is 125 cm³/mol. The van der Waals surface area contributed by atoms with Gasteiger partial charge in [0.15, 0.2) is 5.76 Å². The summed E-state index contributed by atoms with van der Waals surface area (Å²) in [6, 6.07) is 14.1. The van der Waals surface area contributed by atoms with Crippen LogP contribution in [0.25, 0.3) is 0 Å². The van der Waals surface area contributed by atoms with Crippen molar-refractivity contribution in [2.75, 3.05) is 16.6 Å². The Hall–Kier alpha value is -3.59. The van der Waals surface area contributed by atoms with Crippen molar-refractivity contribution in [3.05, 3.63) is 77.7 Å². The number of hydrogen-bond donors (Lipinski definition) is 2. The number of hydrogen-bond acceptors (Lipinski definition) is 5. The van der Waals surface area contributed by atoms with Gasteiger partial charge in [-0.3, -0.25) is 14.3 Å². The first-order valence-corrected chi connectivity index (χ1v) is 12.1. The molecule has 1 aliphatic heterocycles. The summed E-state index contributed by atoms with van der Waals surface area (Å²) in [5.74, 6) is -0.450. The van der Waals surface area contributed by atoms with Crippen LogP contribution >= 0.6 is 0 Å². The molecule has 0 bridgehead atoms. The van der Waals surface area contributed by atoms with Crippen LogP contribution in [0.3, 0.4) is 0 Å². The van der Waals surface area contributed by atoms with Gasteiger partial charge >= 0.3 is 0 Å². The normalized spacial score (nSPS) is 15.9. The Morgan fingerprint density at radius 2 is 1.70 bits per heavy atom. The summed E-state index contributed by atoms with van der Waals surface area (Å²) in [4.78, 5) is 27.0. The molecule has 0 aliphatic carbocycles. The van der Waals surface area contributed by atoms with Gasteiger partial charge < -0.3 is 14.6 Å². The van der Waals surface area contributed by atoms with E-state index >= 15 is 0 Å². The first kappa shape index (κ1) is 22.6. The zero-order valence-electron chi connectivity index (χ0n) is 18.4. The molecule has 1 aliphatic rings. The molecule has 0 unspecified atom stereocenters. The van der Waals surface area contributed by atoms with E-state index in [4.69, 9.17) is 4.42 Å². The predicted octanol–water partition coefficient (Wildman–Crippen LogP) is 3.94. The SMILES string of the molecule is Cc1cccc(C)c1NS(=O)(=O)c1ccc(NC(=O)[C@@H]2CCCN2C(=O)c2ccco2)cc1. The smallest absolute Gasteiger partial charge is 0.290 e. The van der Waals surface area contributed by atoms with Crippen molar-refractivity contribution in [3.8, 4) is 0 Å². The fraction of sp³-hybridized carbons (Fsp3) is 0.250. The van der Waals surface area contributed by atoms with Crippen molar-refractivity contribution < 1.29 is 22.4 Å². The lowest BCUT2D eigenvalue weighted by Crippen LogP contribution is -2.43. The van der Waals surface area contributed by atoms with Gasteiger partial charge in [0, 0.05) is 12.2 Å². The molecular formula is C24H25N3O5S. The van der Waals surface area contributed by atoms with E-state index in [1.807, 2.05) is 32.0 Å². The maximum absolute atomic E-state index is 12.8. The van der Waals surface area contributed by atoms with Crippen molar-refractivity contribution in [3.63, 3.8) is 0 Å². The average molecular weight is 468 g/mol. The van der Waals surface area contributed by atoms with Gasteiger partial charge in [-0.1, -0.05) is 18.2 Å². The van der Waals surface area contributed by atoms with E-state index in [1.54, 1.807) is 12.1 Å². The van der Waals surface area contributed by atoms with Crippen molar-refractivity contribution in [2.24, 2.45) is 0 Å². The van der Waals surface area contributed by atoms with Crippen molar-refractivity contribution in [1.29, 1.82) is 0 Å². The molecule has 2 N–H and O–H groups in total. The standard InChI is InChI=1S/C24H25N3O5S/c1-16-6-3-7-17(2)22(16)26-33(30,31)19-12-10-18(11-13-19)25-23(28)20-8-4-14-27(20)24(29)21-9-5-15-32-21/h3,5-7,9-13,15,20,26H,4,8,14H2,1-2H3,(H,25,28)/t20-/m0/s1. The molecule has 1 fully saturated rings. The molecule has 172 valence electrons. The highest BCUT2D eigenvalue weighted by Gasteiger charge is 2.35. The van der Waals surface area contributed by atoms with Gasteiger partial charge in [-0.15, -0.1) is 0 Å². The highest BCUT2D eigenvalue weighted by molar-refractivity contribution is 7.92. The Morgan fingerprint density at radius 3 is 2.33 bits per heavy atom. The summed E-state index contributed by atoms with van der Waals surface area (Å²) in [6.45, 7) is 4.15. The molecule has 2 amide bonds. The molecular weight excluding hydrogens is 442 g/mol. The molecule has 0 saturated carbocycles. The molecule has 1 aromatic heterocycles. The third-order valence-electron chi connectivity index (χ3n) is 5.70. The number of furan rings is 1. The minimum Gasteiger partial charge on any atom is -0.459 e. The van der Waals surface area contributed by atoms with Gasteiger partial charge in [-0.05, 0) is 74.2 Å². The fourth-order valence-electron chi connectivity index (χ4n) is 3.94. The summed E-state index contributed by atoms with van der Waals surface area (Å²) in [6.07, 6.45) is 2.68. The second-order valence-electron chi connectivity index (χ2n) is 8.02. The van der Waals surface area contributed by atoms with Crippen LogP contribution in [-0.2, 0) is 14.8 Å². The highest BCUT2D eigenvalue weighted by atomic mass is 32.2. The lowest BCUT2D eigenvalue weighted by atomic mass is 10.1. The largest absolute Gasteiger partial charge is 0.459 e. The molecule has 3 aromatic rings. The van der Waals surface area contributed by atoms with Crippen molar-refractivity contribution >= 4 is 33.2 Å². The molecule has 0 radical (unpaired) electrons. The number of amides is 2. The number of rotatable bonds is 6. The summed E-state index contributed by atoms with van der Waals surface area (Å²) < 4.78 is 33.5. The first-order chi connectivity index (χ1) is 15.8. The number of carbonyl (C=O) groups excluding carboxylic acids is 2. The molecule has 2 heterocycles. The zero-order valence-corrected chi connectivity index (χ0v) is 19.2. The Kier molecular flexibility index (Phi) is 6.24. The highest BCUT2D eigenvalue weighted by Crippen LogP contribution is 2.25. The topological polar surface area (TPSA) is 109 Å².